The number of nitrogens with two attached hydrogens (primary N) is 1. The summed E-state index contributed by atoms with van der Waals surface area (Å²) in [5, 5.41) is 8.23. The summed E-state index contributed by atoms with van der Waals surface area (Å²) in [6.07, 6.45) is 3.33. The molecule has 0 saturated heterocycles. The zero-order valence-electron chi connectivity index (χ0n) is 11.8. The SMILES string of the molecule is NS(=O)(=O)c1cccnc1NCC1(c2cccc(F)c2)CC1. The topological polar surface area (TPSA) is 85.1 Å². The van der Waals surface area contributed by atoms with Crippen molar-refractivity contribution in [3.8, 4) is 0 Å². The van der Waals surface area contributed by atoms with Crippen molar-refractivity contribution in [2.24, 2.45) is 5.14 Å². The molecule has 0 bridgehead atoms. The largest absolute Gasteiger partial charge is 0.368 e. The lowest BCUT2D eigenvalue weighted by molar-refractivity contribution is 0.597. The van der Waals surface area contributed by atoms with E-state index in [2.05, 4.69) is 10.3 Å². The third-order valence-electron chi connectivity index (χ3n) is 3.96. The number of hydrogen-bond donors (Lipinski definition) is 2. The lowest BCUT2D eigenvalue weighted by Crippen LogP contribution is -2.22. The van der Waals surface area contributed by atoms with Crippen LogP contribution in [0.5, 0.6) is 0 Å². The molecule has 7 heteroatoms. The summed E-state index contributed by atoms with van der Waals surface area (Å²) in [5.74, 6) is -0.0421. The molecule has 116 valence electrons. The molecule has 0 aliphatic heterocycles. The molecule has 2 aromatic rings. The van der Waals surface area contributed by atoms with E-state index in [0.29, 0.717) is 6.54 Å². The minimum atomic E-state index is -3.84. The summed E-state index contributed by atoms with van der Waals surface area (Å²) in [5.41, 5.74) is 0.739. The number of hydrogen-bond acceptors (Lipinski definition) is 4. The highest BCUT2D eigenvalue weighted by Crippen LogP contribution is 2.48. The van der Waals surface area contributed by atoms with E-state index in [1.54, 1.807) is 6.07 Å². The van der Waals surface area contributed by atoms with Crippen LogP contribution in [0.2, 0.25) is 0 Å². The Morgan fingerprint density at radius 3 is 2.68 bits per heavy atom. The third-order valence-corrected chi connectivity index (χ3v) is 4.90. The third kappa shape index (κ3) is 2.95. The van der Waals surface area contributed by atoms with Gasteiger partial charge < -0.3 is 5.32 Å². The van der Waals surface area contributed by atoms with Crippen LogP contribution in [-0.2, 0) is 15.4 Å². The Balaban J connectivity index is 1.82. The molecule has 3 N–H and O–H groups in total. The van der Waals surface area contributed by atoms with Crippen molar-refractivity contribution in [3.05, 3.63) is 54.0 Å². The van der Waals surface area contributed by atoms with E-state index in [9.17, 15) is 12.8 Å². The monoisotopic (exact) mass is 321 g/mol. The number of aromatic nitrogens is 1. The van der Waals surface area contributed by atoms with Crippen LogP contribution in [-0.4, -0.2) is 19.9 Å². The van der Waals surface area contributed by atoms with Crippen molar-refractivity contribution in [1.29, 1.82) is 0 Å². The maximum atomic E-state index is 13.4. The minimum Gasteiger partial charge on any atom is -0.368 e. The molecule has 1 aliphatic carbocycles. The first-order valence-electron chi connectivity index (χ1n) is 6.88. The fourth-order valence-corrected chi connectivity index (χ4v) is 3.21. The van der Waals surface area contributed by atoms with Crippen LogP contribution in [0, 0.1) is 5.82 Å². The van der Waals surface area contributed by atoms with Gasteiger partial charge >= 0.3 is 0 Å². The van der Waals surface area contributed by atoms with Gasteiger partial charge in [-0.3, -0.25) is 0 Å². The maximum Gasteiger partial charge on any atom is 0.241 e. The summed E-state index contributed by atoms with van der Waals surface area (Å²) in [7, 11) is -3.84. The Hall–Kier alpha value is -1.99. The smallest absolute Gasteiger partial charge is 0.241 e. The molecular weight excluding hydrogens is 305 g/mol. The van der Waals surface area contributed by atoms with Gasteiger partial charge in [0, 0.05) is 18.2 Å². The van der Waals surface area contributed by atoms with Gasteiger partial charge in [-0.05, 0) is 42.7 Å². The van der Waals surface area contributed by atoms with Gasteiger partial charge in [-0.25, -0.2) is 22.9 Å². The van der Waals surface area contributed by atoms with Crippen LogP contribution in [0.15, 0.2) is 47.5 Å². The first-order valence-corrected chi connectivity index (χ1v) is 8.43. The van der Waals surface area contributed by atoms with Crippen molar-refractivity contribution in [3.63, 3.8) is 0 Å². The fraction of sp³-hybridized carbons (Fsp3) is 0.267. The van der Waals surface area contributed by atoms with Crippen molar-refractivity contribution in [2.75, 3.05) is 11.9 Å². The molecule has 0 atom stereocenters. The molecule has 0 spiro atoms. The standard InChI is InChI=1S/C15H16FN3O2S/c16-12-4-1-3-11(9-12)15(6-7-15)10-19-14-13(22(17,20)21)5-2-8-18-14/h1-5,8-9H,6-7,10H2,(H,18,19)(H2,17,20,21). The Morgan fingerprint density at radius 1 is 1.27 bits per heavy atom. The summed E-state index contributed by atoms with van der Waals surface area (Å²) in [4.78, 5) is 4.01. The predicted molar refractivity (Wildman–Crippen MR) is 81.4 cm³/mol. The normalized spacial score (nSPS) is 16.3. The molecular formula is C15H16FN3O2S. The molecule has 1 heterocycles. The second kappa shape index (κ2) is 5.33. The molecule has 1 aliphatic rings. The van der Waals surface area contributed by atoms with Crippen LogP contribution >= 0.6 is 0 Å². The molecule has 22 heavy (non-hydrogen) atoms. The highest BCUT2D eigenvalue weighted by atomic mass is 32.2. The van der Waals surface area contributed by atoms with Crippen LogP contribution in [0.25, 0.3) is 0 Å². The Kier molecular flexibility index (Phi) is 3.62. The van der Waals surface area contributed by atoms with Gasteiger partial charge in [-0.2, -0.15) is 0 Å². The van der Waals surface area contributed by atoms with Gasteiger partial charge in [0.05, 0.1) is 0 Å². The van der Waals surface area contributed by atoms with E-state index in [0.717, 1.165) is 18.4 Å². The molecule has 5 nitrogen and oxygen atoms in total. The number of sulfonamides is 1. The van der Waals surface area contributed by atoms with Gasteiger partial charge in [0.25, 0.3) is 0 Å². The van der Waals surface area contributed by atoms with E-state index in [1.165, 1.54) is 30.5 Å². The van der Waals surface area contributed by atoms with Gasteiger partial charge in [0.1, 0.15) is 16.5 Å². The zero-order chi connectivity index (χ0) is 15.8. The van der Waals surface area contributed by atoms with Crippen molar-refractivity contribution >= 4 is 15.8 Å². The van der Waals surface area contributed by atoms with Gasteiger partial charge in [0.15, 0.2) is 0 Å². The molecule has 1 aromatic heterocycles. The number of primary sulfonamides is 1. The summed E-state index contributed by atoms with van der Waals surface area (Å²) < 4.78 is 36.5. The van der Waals surface area contributed by atoms with Crippen molar-refractivity contribution in [2.45, 2.75) is 23.2 Å². The maximum absolute atomic E-state index is 13.4. The Bertz CT molecular complexity index is 804. The molecule has 1 fully saturated rings. The second-order valence-electron chi connectivity index (χ2n) is 5.54. The average Bonchev–Trinajstić information content (AvgIpc) is 3.26. The predicted octanol–water partition coefficient (Wildman–Crippen LogP) is 2.01. The zero-order valence-corrected chi connectivity index (χ0v) is 12.6. The second-order valence-corrected chi connectivity index (χ2v) is 7.07. The minimum absolute atomic E-state index is 0.0370. The molecule has 1 aromatic carbocycles. The van der Waals surface area contributed by atoms with Crippen LogP contribution in [0.3, 0.4) is 0 Å². The summed E-state index contributed by atoms with van der Waals surface area (Å²) in [6.45, 7) is 0.482. The summed E-state index contributed by atoms with van der Waals surface area (Å²) in [6, 6.07) is 9.42. The van der Waals surface area contributed by atoms with Crippen LogP contribution in [0.4, 0.5) is 10.2 Å². The van der Waals surface area contributed by atoms with E-state index in [4.69, 9.17) is 5.14 Å². The van der Waals surface area contributed by atoms with Gasteiger partial charge in [-0.1, -0.05) is 12.1 Å². The lowest BCUT2D eigenvalue weighted by atomic mass is 9.96. The molecule has 0 amide bonds. The van der Waals surface area contributed by atoms with E-state index in [-0.39, 0.29) is 21.9 Å². The number of halogens is 1. The van der Waals surface area contributed by atoms with Crippen LogP contribution in [0.1, 0.15) is 18.4 Å². The van der Waals surface area contributed by atoms with E-state index in [1.807, 2.05) is 6.07 Å². The number of rotatable bonds is 5. The first-order chi connectivity index (χ1) is 10.4. The van der Waals surface area contributed by atoms with Gasteiger partial charge in [0.2, 0.25) is 10.0 Å². The quantitative estimate of drug-likeness (QED) is 0.882. The highest BCUT2D eigenvalue weighted by Gasteiger charge is 2.44. The van der Waals surface area contributed by atoms with E-state index >= 15 is 0 Å². The Morgan fingerprint density at radius 2 is 2.05 bits per heavy atom. The first kappa shape index (κ1) is 14.9. The number of nitrogens with zero attached hydrogens (tertiary/aromatic N) is 1. The molecule has 0 unspecified atom stereocenters. The molecule has 3 rings (SSSR count). The fourth-order valence-electron chi connectivity index (χ4n) is 2.54. The lowest BCUT2D eigenvalue weighted by Gasteiger charge is -2.18. The van der Waals surface area contributed by atoms with Crippen molar-refractivity contribution < 1.29 is 12.8 Å². The number of pyridine rings is 1. The van der Waals surface area contributed by atoms with E-state index < -0.39 is 10.0 Å². The summed E-state index contributed by atoms with van der Waals surface area (Å²) >= 11 is 0. The average molecular weight is 321 g/mol. The van der Waals surface area contributed by atoms with Crippen molar-refractivity contribution in [1.82, 2.24) is 4.98 Å². The molecule has 0 radical (unpaired) electrons. The molecule has 1 saturated carbocycles. The van der Waals surface area contributed by atoms with Crippen LogP contribution < -0.4 is 10.5 Å². The highest BCUT2D eigenvalue weighted by molar-refractivity contribution is 7.89. The van der Waals surface area contributed by atoms with Gasteiger partial charge in [-0.15, -0.1) is 0 Å². The number of benzene rings is 1. The number of anilines is 1. The number of nitrogens with one attached hydrogen (secondary N) is 1. The Labute approximate surface area is 128 Å².